The Balaban J connectivity index is 1.71. The van der Waals surface area contributed by atoms with Crippen LogP contribution in [0.1, 0.15) is 37.2 Å². The van der Waals surface area contributed by atoms with E-state index in [-0.39, 0.29) is 17.1 Å². The summed E-state index contributed by atoms with van der Waals surface area (Å²) in [6.45, 7) is 6.27. The smallest absolute Gasteiger partial charge is 0.272 e. The molecule has 8 heteroatoms. The molecule has 2 aliphatic rings. The van der Waals surface area contributed by atoms with E-state index in [0.29, 0.717) is 44.2 Å². The highest BCUT2D eigenvalue weighted by atomic mass is 32.2. The summed E-state index contributed by atoms with van der Waals surface area (Å²) < 4.78 is 27.2. The highest BCUT2D eigenvalue weighted by Gasteiger charge is 2.47. The molecule has 7 nitrogen and oxygen atoms in total. The van der Waals surface area contributed by atoms with Crippen molar-refractivity contribution in [2.75, 3.05) is 26.2 Å². The first-order valence-electron chi connectivity index (χ1n) is 8.44. The van der Waals surface area contributed by atoms with Gasteiger partial charge in [-0.3, -0.25) is 4.79 Å². The normalized spacial score (nSPS) is 27.0. The largest absolute Gasteiger partial charge is 0.337 e. The molecule has 3 rings (SSSR count). The van der Waals surface area contributed by atoms with Crippen LogP contribution in [-0.2, 0) is 10.0 Å². The predicted molar refractivity (Wildman–Crippen MR) is 89.8 cm³/mol. The van der Waals surface area contributed by atoms with Crippen molar-refractivity contribution < 1.29 is 13.2 Å². The van der Waals surface area contributed by atoms with E-state index in [2.05, 4.69) is 9.97 Å². The first kappa shape index (κ1) is 17.3. The van der Waals surface area contributed by atoms with Gasteiger partial charge in [0.2, 0.25) is 10.0 Å². The molecule has 3 heterocycles. The summed E-state index contributed by atoms with van der Waals surface area (Å²) in [7, 11) is -3.25. The molecule has 0 spiro atoms. The van der Waals surface area contributed by atoms with Crippen molar-refractivity contribution in [1.82, 2.24) is 19.2 Å². The van der Waals surface area contributed by atoms with E-state index < -0.39 is 10.0 Å². The first-order chi connectivity index (χ1) is 11.4. The van der Waals surface area contributed by atoms with Crippen LogP contribution in [0.15, 0.2) is 18.6 Å². The second-order valence-electron chi connectivity index (χ2n) is 7.02. The van der Waals surface area contributed by atoms with E-state index >= 15 is 0 Å². The van der Waals surface area contributed by atoms with Crippen LogP contribution in [0, 0.1) is 11.8 Å². The molecule has 0 aromatic carbocycles. The number of hydrogen-bond donors (Lipinski definition) is 0. The minimum Gasteiger partial charge on any atom is -0.337 e. The predicted octanol–water partition coefficient (Wildman–Crippen LogP) is 0.999. The molecule has 1 amide bonds. The van der Waals surface area contributed by atoms with Crippen molar-refractivity contribution in [2.24, 2.45) is 11.8 Å². The lowest BCUT2D eigenvalue weighted by Crippen LogP contribution is -2.36. The van der Waals surface area contributed by atoms with Gasteiger partial charge >= 0.3 is 0 Å². The maximum atomic E-state index is 12.8. The average Bonchev–Trinajstić information content (AvgIpc) is 2.70. The zero-order chi connectivity index (χ0) is 17.3. The molecule has 0 aliphatic carbocycles. The molecule has 2 atom stereocenters. The number of fused-ring (bicyclic) bond motifs is 1. The van der Waals surface area contributed by atoms with Gasteiger partial charge in [0, 0.05) is 32.4 Å². The van der Waals surface area contributed by atoms with E-state index in [0.717, 1.165) is 6.42 Å². The molecule has 2 fully saturated rings. The van der Waals surface area contributed by atoms with Gasteiger partial charge < -0.3 is 4.90 Å². The zero-order valence-corrected chi connectivity index (χ0v) is 14.9. The van der Waals surface area contributed by atoms with Gasteiger partial charge in [0.15, 0.2) is 0 Å². The van der Waals surface area contributed by atoms with Gasteiger partial charge in [0.05, 0.1) is 5.25 Å². The van der Waals surface area contributed by atoms with Crippen LogP contribution >= 0.6 is 0 Å². The average molecular weight is 352 g/mol. The topological polar surface area (TPSA) is 83.5 Å². The van der Waals surface area contributed by atoms with Crippen LogP contribution in [0.4, 0.5) is 0 Å². The summed E-state index contributed by atoms with van der Waals surface area (Å²) in [6, 6.07) is 1.59. The molecule has 0 unspecified atom stereocenters. The molecule has 0 bridgehead atoms. The monoisotopic (exact) mass is 352 g/mol. The third-order valence-corrected chi connectivity index (χ3v) is 7.22. The van der Waals surface area contributed by atoms with Crippen LogP contribution in [0.3, 0.4) is 0 Å². The highest BCUT2D eigenvalue weighted by Crippen LogP contribution is 2.34. The van der Waals surface area contributed by atoms with Gasteiger partial charge in [-0.15, -0.1) is 0 Å². The number of carbonyl (C=O) groups is 1. The Bertz CT molecular complexity index is 693. The van der Waals surface area contributed by atoms with Crippen molar-refractivity contribution in [3.8, 4) is 0 Å². The lowest BCUT2D eigenvalue weighted by molar-refractivity contribution is 0.0753. The van der Waals surface area contributed by atoms with Crippen LogP contribution in [0.5, 0.6) is 0 Å². The lowest BCUT2D eigenvalue weighted by Gasteiger charge is -2.22. The summed E-state index contributed by atoms with van der Waals surface area (Å²) in [5.41, 5.74) is 0.362. The summed E-state index contributed by atoms with van der Waals surface area (Å²) >= 11 is 0. The van der Waals surface area contributed by atoms with E-state index in [1.54, 1.807) is 21.5 Å². The third-order valence-electron chi connectivity index (χ3n) is 4.82. The summed E-state index contributed by atoms with van der Waals surface area (Å²) in [6.07, 6.45) is 4.11. The maximum absolute atomic E-state index is 12.8. The van der Waals surface area contributed by atoms with Crippen LogP contribution in [0.2, 0.25) is 0 Å². The molecule has 0 saturated carbocycles. The number of rotatable bonds is 3. The van der Waals surface area contributed by atoms with Crippen LogP contribution < -0.4 is 0 Å². The second-order valence-corrected chi connectivity index (χ2v) is 9.17. The minimum absolute atomic E-state index is 0.108. The van der Waals surface area contributed by atoms with E-state index in [9.17, 15) is 13.2 Å². The summed E-state index contributed by atoms with van der Waals surface area (Å²) in [4.78, 5) is 22.1. The van der Waals surface area contributed by atoms with Crippen LogP contribution in [0.25, 0.3) is 0 Å². The fourth-order valence-electron chi connectivity index (χ4n) is 3.66. The van der Waals surface area contributed by atoms with Crippen molar-refractivity contribution in [1.29, 1.82) is 0 Å². The lowest BCUT2D eigenvalue weighted by atomic mass is 10.0. The van der Waals surface area contributed by atoms with Crippen molar-refractivity contribution in [2.45, 2.75) is 31.9 Å². The zero-order valence-electron chi connectivity index (χ0n) is 14.1. The Morgan fingerprint density at radius 2 is 2.08 bits per heavy atom. The standard InChI is InChI=1S/C16H24N4O3S/c1-12(2)9-20-10-13-4-7-19(8-5-15(13)24(20,22)23)16(21)14-3-6-17-11-18-14/h3,6,11-13,15H,4-5,7-10H2,1-2H3/t13-,15-/m0/s1. The van der Waals surface area contributed by atoms with Crippen molar-refractivity contribution in [3.05, 3.63) is 24.3 Å². The summed E-state index contributed by atoms with van der Waals surface area (Å²) in [5, 5.41) is -0.362. The molecule has 0 N–H and O–H groups in total. The van der Waals surface area contributed by atoms with Crippen molar-refractivity contribution >= 4 is 15.9 Å². The molecule has 24 heavy (non-hydrogen) atoms. The molecule has 0 radical (unpaired) electrons. The number of hydrogen-bond acceptors (Lipinski definition) is 5. The van der Waals surface area contributed by atoms with Gasteiger partial charge in [-0.25, -0.2) is 22.7 Å². The van der Waals surface area contributed by atoms with Gasteiger partial charge in [0.25, 0.3) is 5.91 Å². The number of sulfonamides is 1. The number of carbonyl (C=O) groups excluding carboxylic acids is 1. The number of likely N-dealkylation sites (tertiary alicyclic amines) is 1. The number of aromatic nitrogens is 2. The quantitative estimate of drug-likeness (QED) is 0.810. The van der Waals surface area contributed by atoms with E-state index in [1.165, 1.54) is 6.33 Å². The Kier molecular flexibility index (Phi) is 4.87. The molecular weight excluding hydrogens is 328 g/mol. The first-order valence-corrected chi connectivity index (χ1v) is 9.94. The highest BCUT2D eigenvalue weighted by molar-refractivity contribution is 7.90. The van der Waals surface area contributed by atoms with Gasteiger partial charge in [-0.05, 0) is 30.7 Å². The minimum atomic E-state index is -3.25. The number of amides is 1. The van der Waals surface area contributed by atoms with E-state index in [1.807, 2.05) is 13.8 Å². The molecule has 1 aromatic rings. The fraction of sp³-hybridized carbons (Fsp3) is 0.688. The third kappa shape index (κ3) is 3.30. The van der Waals surface area contributed by atoms with Crippen molar-refractivity contribution in [3.63, 3.8) is 0 Å². The van der Waals surface area contributed by atoms with Gasteiger partial charge in [-0.1, -0.05) is 13.8 Å². The Morgan fingerprint density at radius 1 is 1.33 bits per heavy atom. The van der Waals surface area contributed by atoms with E-state index in [4.69, 9.17) is 0 Å². The maximum Gasteiger partial charge on any atom is 0.272 e. The summed E-state index contributed by atoms with van der Waals surface area (Å²) in [5.74, 6) is 0.281. The molecule has 2 saturated heterocycles. The molecule has 2 aliphatic heterocycles. The molecule has 1 aromatic heterocycles. The van der Waals surface area contributed by atoms with Gasteiger partial charge in [-0.2, -0.15) is 0 Å². The number of nitrogens with zero attached hydrogens (tertiary/aromatic N) is 4. The Morgan fingerprint density at radius 3 is 2.75 bits per heavy atom. The SMILES string of the molecule is CC(C)CN1C[C@@H]2CCN(C(=O)c3ccncn3)CC[C@@H]2S1(=O)=O. The second kappa shape index (κ2) is 6.76. The Labute approximate surface area is 143 Å². The van der Waals surface area contributed by atoms with Crippen LogP contribution in [-0.4, -0.2) is 64.9 Å². The Hall–Kier alpha value is -1.54. The fourth-order valence-corrected chi connectivity index (χ4v) is 6.06. The molecule has 132 valence electrons. The molecular formula is C16H24N4O3S. The van der Waals surface area contributed by atoms with Gasteiger partial charge in [0.1, 0.15) is 12.0 Å².